The molecular formula is C19H26FN3O5S. The molecule has 2 heterocycles. The normalized spacial score (nSPS) is 26.5. The molecule has 2 amide bonds. The molecule has 2 atom stereocenters. The lowest BCUT2D eigenvalue weighted by Crippen LogP contribution is -2.67. The molecule has 10 heteroatoms. The summed E-state index contributed by atoms with van der Waals surface area (Å²) in [5.74, 6) is -0.632. The second kappa shape index (κ2) is 7.91. The van der Waals surface area contributed by atoms with E-state index in [1.807, 2.05) is 0 Å². The molecule has 29 heavy (non-hydrogen) atoms. The smallest absolute Gasteiger partial charge is 0.260 e. The first-order valence-corrected chi connectivity index (χ1v) is 11.0. The molecule has 0 saturated carbocycles. The molecule has 1 aromatic carbocycles. The molecule has 0 aromatic heterocycles. The van der Waals surface area contributed by atoms with Gasteiger partial charge in [-0.2, -0.15) is 0 Å². The number of halogens is 1. The van der Waals surface area contributed by atoms with Crippen LogP contribution >= 0.6 is 0 Å². The fraction of sp³-hybridized carbons (Fsp3) is 0.579. The lowest BCUT2D eigenvalue weighted by atomic mass is 9.72. The van der Waals surface area contributed by atoms with Gasteiger partial charge in [0.1, 0.15) is 11.6 Å². The van der Waals surface area contributed by atoms with Crippen molar-refractivity contribution >= 4 is 21.8 Å². The number of hydrogen-bond donors (Lipinski definition) is 0. The summed E-state index contributed by atoms with van der Waals surface area (Å²) >= 11 is 0. The Labute approximate surface area is 170 Å². The first-order chi connectivity index (χ1) is 13.6. The quantitative estimate of drug-likeness (QED) is 0.700. The number of piperidine rings is 1. The second-order valence-corrected chi connectivity index (χ2v) is 9.95. The predicted molar refractivity (Wildman–Crippen MR) is 104 cm³/mol. The molecular weight excluding hydrogens is 401 g/mol. The van der Waals surface area contributed by atoms with Crippen LogP contribution in [0.5, 0.6) is 5.75 Å². The van der Waals surface area contributed by atoms with Crippen LogP contribution in [-0.2, 0) is 19.6 Å². The maximum Gasteiger partial charge on any atom is 0.260 e. The summed E-state index contributed by atoms with van der Waals surface area (Å²) in [6.45, 7) is 0.232. The van der Waals surface area contributed by atoms with Crippen molar-refractivity contribution < 1.29 is 27.1 Å². The second-order valence-electron chi connectivity index (χ2n) is 7.80. The number of rotatable bonds is 4. The highest BCUT2D eigenvalue weighted by Gasteiger charge is 2.57. The number of carbonyl (C=O) groups is 2. The van der Waals surface area contributed by atoms with Crippen LogP contribution in [0, 0.1) is 11.2 Å². The lowest BCUT2D eigenvalue weighted by Gasteiger charge is -2.53. The van der Waals surface area contributed by atoms with Crippen LogP contribution < -0.4 is 4.74 Å². The van der Waals surface area contributed by atoms with Gasteiger partial charge in [0, 0.05) is 40.3 Å². The Balaban J connectivity index is 1.77. The lowest BCUT2D eigenvalue weighted by molar-refractivity contribution is -0.153. The van der Waals surface area contributed by atoms with Crippen LogP contribution in [0.4, 0.5) is 4.39 Å². The molecule has 160 valence electrons. The van der Waals surface area contributed by atoms with Crippen molar-refractivity contribution in [2.24, 2.45) is 5.41 Å². The average Bonchev–Trinajstić information content (AvgIpc) is 2.69. The number of amides is 2. The fourth-order valence-corrected chi connectivity index (χ4v) is 5.85. The number of benzene rings is 1. The third-order valence-electron chi connectivity index (χ3n) is 5.83. The summed E-state index contributed by atoms with van der Waals surface area (Å²) in [4.78, 5) is 28.8. The Morgan fingerprint density at radius 2 is 1.93 bits per heavy atom. The molecule has 1 aromatic rings. The Hall–Kier alpha value is -2.20. The number of likely N-dealkylation sites (tertiary alicyclic amines) is 1. The van der Waals surface area contributed by atoms with Gasteiger partial charge < -0.3 is 14.5 Å². The Bertz CT molecular complexity index is 890. The van der Waals surface area contributed by atoms with E-state index in [4.69, 9.17) is 4.74 Å². The Kier molecular flexibility index (Phi) is 5.86. The van der Waals surface area contributed by atoms with Crippen LogP contribution in [0.2, 0.25) is 0 Å². The zero-order valence-corrected chi connectivity index (χ0v) is 17.6. The van der Waals surface area contributed by atoms with Gasteiger partial charge in [-0.3, -0.25) is 9.59 Å². The maximum absolute atomic E-state index is 13.1. The van der Waals surface area contributed by atoms with E-state index in [2.05, 4.69) is 0 Å². The zero-order chi connectivity index (χ0) is 21.4. The summed E-state index contributed by atoms with van der Waals surface area (Å²) in [7, 11) is 1.36. The van der Waals surface area contributed by atoms with Crippen molar-refractivity contribution in [3.05, 3.63) is 30.1 Å². The minimum absolute atomic E-state index is 0.131. The number of hydrogen-bond acceptors (Lipinski definition) is 5. The molecule has 0 unspecified atom stereocenters. The summed E-state index contributed by atoms with van der Waals surface area (Å²) in [6, 6.07) is 4.88. The standard InChI is InChI=1S/C19H26FN3O5S/c1-21(2)18(25)19-9-11-29(26,27)22(3)16(19)8-10-23(13-19)17(24)12-28-15-6-4-14(20)5-7-15/h4-7,16H,8-13H2,1-3H3/t16-,19+/m1/s1. The van der Waals surface area contributed by atoms with Gasteiger partial charge in [-0.15, -0.1) is 0 Å². The van der Waals surface area contributed by atoms with Gasteiger partial charge in [-0.1, -0.05) is 0 Å². The van der Waals surface area contributed by atoms with Crippen molar-refractivity contribution in [3.63, 3.8) is 0 Å². The van der Waals surface area contributed by atoms with Crippen LogP contribution in [0.25, 0.3) is 0 Å². The van der Waals surface area contributed by atoms with Gasteiger partial charge in [0.05, 0.1) is 11.2 Å². The van der Waals surface area contributed by atoms with Crippen molar-refractivity contribution in [2.45, 2.75) is 18.9 Å². The summed E-state index contributed by atoms with van der Waals surface area (Å²) in [6.07, 6.45) is 0.543. The van der Waals surface area contributed by atoms with Crippen LogP contribution in [0.15, 0.2) is 24.3 Å². The van der Waals surface area contributed by atoms with Crippen LogP contribution in [0.1, 0.15) is 12.8 Å². The minimum atomic E-state index is -3.41. The van der Waals surface area contributed by atoms with Crippen molar-refractivity contribution in [1.82, 2.24) is 14.1 Å². The SMILES string of the molecule is CN(C)C(=O)[C@]12CCS(=O)(=O)N(C)[C@@H]1CCN(C(=O)COc1ccc(F)cc1)C2. The topological polar surface area (TPSA) is 87.2 Å². The minimum Gasteiger partial charge on any atom is -0.484 e. The third kappa shape index (κ3) is 4.09. The third-order valence-corrected chi connectivity index (χ3v) is 7.68. The molecule has 0 bridgehead atoms. The van der Waals surface area contributed by atoms with Crippen LogP contribution in [-0.4, -0.2) is 87.0 Å². The number of carbonyl (C=O) groups excluding carboxylic acids is 2. The summed E-state index contributed by atoms with van der Waals surface area (Å²) in [5.41, 5.74) is -0.979. The van der Waals surface area contributed by atoms with Crippen molar-refractivity contribution in [1.29, 1.82) is 0 Å². The molecule has 0 spiro atoms. The number of ether oxygens (including phenoxy) is 1. The molecule has 8 nitrogen and oxygen atoms in total. The summed E-state index contributed by atoms with van der Waals surface area (Å²) < 4.78 is 44.4. The number of fused-ring (bicyclic) bond motifs is 1. The van der Waals surface area contributed by atoms with E-state index < -0.39 is 27.3 Å². The van der Waals surface area contributed by atoms with E-state index in [9.17, 15) is 22.4 Å². The zero-order valence-electron chi connectivity index (χ0n) is 16.8. The monoisotopic (exact) mass is 427 g/mol. The molecule has 0 aliphatic carbocycles. The van der Waals surface area contributed by atoms with Gasteiger partial charge in [0.15, 0.2) is 6.61 Å². The molecule has 0 N–H and O–H groups in total. The Morgan fingerprint density at radius 1 is 1.28 bits per heavy atom. The van der Waals surface area contributed by atoms with Gasteiger partial charge in [-0.05, 0) is 37.1 Å². The largest absolute Gasteiger partial charge is 0.484 e. The fourth-order valence-electron chi connectivity index (χ4n) is 4.25. The van der Waals surface area contributed by atoms with Gasteiger partial charge in [-0.25, -0.2) is 17.1 Å². The van der Waals surface area contributed by atoms with E-state index in [1.165, 1.54) is 40.5 Å². The first-order valence-electron chi connectivity index (χ1n) is 9.40. The predicted octanol–water partition coefficient (Wildman–Crippen LogP) is 0.545. The van der Waals surface area contributed by atoms with E-state index in [1.54, 1.807) is 19.0 Å². The van der Waals surface area contributed by atoms with E-state index in [0.717, 1.165) is 0 Å². The number of nitrogens with zero attached hydrogens (tertiary/aromatic N) is 3. The van der Waals surface area contributed by atoms with Gasteiger partial charge in [0.2, 0.25) is 15.9 Å². The van der Waals surface area contributed by atoms with E-state index in [0.29, 0.717) is 18.7 Å². The van der Waals surface area contributed by atoms with Crippen molar-refractivity contribution in [2.75, 3.05) is 46.6 Å². The molecule has 2 aliphatic heterocycles. The highest BCUT2D eigenvalue weighted by atomic mass is 32.2. The maximum atomic E-state index is 13.1. The first kappa shape index (κ1) is 21.5. The van der Waals surface area contributed by atoms with Crippen LogP contribution in [0.3, 0.4) is 0 Å². The summed E-state index contributed by atoms with van der Waals surface area (Å²) in [5, 5.41) is 0. The van der Waals surface area contributed by atoms with E-state index >= 15 is 0 Å². The molecule has 2 saturated heterocycles. The number of sulfonamides is 1. The van der Waals surface area contributed by atoms with Crippen molar-refractivity contribution in [3.8, 4) is 5.75 Å². The molecule has 2 fully saturated rings. The van der Waals surface area contributed by atoms with E-state index in [-0.39, 0.29) is 37.1 Å². The van der Waals surface area contributed by atoms with Gasteiger partial charge >= 0.3 is 0 Å². The molecule has 2 aliphatic rings. The highest BCUT2D eigenvalue weighted by molar-refractivity contribution is 7.89. The average molecular weight is 427 g/mol. The van der Waals surface area contributed by atoms with Gasteiger partial charge in [0.25, 0.3) is 5.91 Å². The highest BCUT2D eigenvalue weighted by Crippen LogP contribution is 2.43. The Morgan fingerprint density at radius 3 is 2.55 bits per heavy atom. The molecule has 0 radical (unpaired) electrons. The molecule has 3 rings (SSSR count).